The predicted molar refractivity (Wildman–Crippen MR) is 96.3 cm³/mol. The smallest absolute Gasteiger partial charge is 0.206 e. The molecule has 0 nitrogen and oxygen atoms in total. The standard InChI is InChI=1S/C22H24F4/c1-15-2-4-16(5-3-15)6-7-17-8-13-20(21(23)14-17)18-9-11-19(12-10-18)22(24,25)26/h8-16H,2-7H2,1H3. The van der Waals surface area contributed by atoms with Gasteiger partial charge in [-0.15, -0.1) is 0 Å². The summed E-state index contributed by atoms with van der Waals surface area (Å²) in [6, 6.07) is 9.73. The van der Waals surface area contributed by atoms with Gasteiger partial charge in [-0.1, -0.05) is 56.9 Å². The van der Waals surface area contributed by atoms with Gasteiger partial charge in [0.05, 0.1) is 5.56 Å². The van der Waals surface area contributed by atoms with Crippen molar-refractivity contribution in [3.8, 4) is 11.1 Å². The molecule has 26 heavy (non-hydrogen) atoms. The van der Waals surface area contributed by atoms with Crippen LogP contribution in [0.1, 0.15) is 50.2 Å². The molecule has 0 spiro atoms. The highest BCUT2D eigenvalue weighted by atomic mass is 19.4. The maximum Gasteiger partial charge on any atom is 0.416 e. The number of hydrogen-bond donors (Lipinski definition) is 0. The van der Waals surface area contributed by atoms with Crippen LogP contribution in [0.5, 0.6) is 0 Å². The molecule has 0 atom stereocenters. The van der Waals surface area contributed by atoms with E-state index in [0.717, 1.165) is 42.4 Å². The Morgan fingerprint density at radius 1 is 0.923 bits per heavy atom. The molecule has 0 N–H and O–H groups in total. The fourth-order valence-electron chi connectivity index (χ4n) is 3.78. The average Bonchev–Trinajstić information content (AvgIpc) is 2.61. The Hall–Kier alpha value is -1.84. The molecule has 140 valence electrons. The lowest BCUT2D eigenvalue weighted by Gasteiger charge is -2.26. The second-order valence-electron chi connectivity index (χ2n) is 7.55. The molecule has 0 aliphatic heterocycles. The van der Waals surface area contributed by atoms with E-state index in [4.69, 9.17) is 0 Å². The average molecular weight is 364 g/mol. The van der Waals surface area contributed by atoms with Gasteiger partial charge in [0, 0.05) is 5.56 Å². The third-order valence-electron chi connectivity index (χ3n) is 5.53. The zero-order valence-electron chi connectivity index (χ0n) is 15.0. The molecular formula is C22H24F4. The number of halogens is 4. The molecule has 0 saturated heterocycles. The minimum absolute atomic E-state index is 0.342. The van der Waals surface area contributed by atoms with Crippen molar-refractivity contribution in [3.63, 3.8) is 0 Å². The van der Waals surface area contributed by atoms with Crippen LogP contribution in [0, 0.1) is 17.7 Å². The maximum absolute atomic E-state index is 14.5. The molecule has 1 fully saturated rings. The topological polar surface area (TPSA) is 0 Å². The molecule has 0 heterocycles. The first-order valence-corrected chi connectivity index (χ1v) is 9.29. The van der Waals surface area contributed by atoms with E-state index in [-0.39, 0.29) is 5.82 Å². The number of hydrogen-bond acceptors (Lipinski definition) is 0. The van der Waals surface area contributed by atoms with Crippen LogP contribution >= 0.6 is 0 Å². The molecule has 2 aromatic carbocycles. The summed E-state index contributed by atoms with van der Waals surface area (Å²) in [6.07, 6.45) is 2.63. The third-order valence-corrected chi connectivity index (χ3v) is 5.53. The maximum atomic E-state index is 14.5. The van der Waals surface area contributed by atoms with Crippen molar-refractivity contribution in [1.82, 2.24) is 0 Å². The van der Waals surface area contributed by atoms with Gasteiger partial charge in [-0.05, 0) is 54.0 Å². The largest absolute Gasteiger partial charge is 0.416 e. The van der Waals surface area contributed by atoms with E-state index in [1.54, 1.807) is 6.07 Å². The summed E-state index contributed by atoms with van der Waals surface area (Å²) in [5.41, 5.74) is 1.04. The highest BCUT2D eigenvalue weighted by Gasteiger charge is 2.30. The second kappa shape index (κ2) is 7.81. The first-order chi connectivity index (χ1) is 12.3. The predicted octanol–water partition coefficient (Wildman–Crippen LogP) is 7.27. The minimum atomic E-state index is -4.38. The quantitative estimate of drug-likeness (QED) is 0.500. The van der Waals surface area contributed by atoms with Crippen LogP contribution in [0.25, 0.3) is 11.1 Å². The van der Waals surface area contributed by atoms with Gasteiger partial charge in [0.2, 0.25) is 0 Å². The molecule has 0 radical (unpaired) electrons. The molecule has 0 aromatic heterocycles. The number of alkyl halides is 3. The van der Waals surface area contributed by atoms with Crippen molar-refractivity contribution in [1.29, 1.82) is 0 Å². The summed E-state index contributed by atoms with van der Waals surface area (Å²) in [5, 5.41) is 0. The second-order valence-corrected chi connectivity index (χ2v) is 7.55. The van der Waals surface area contributed by atoms with Gasteiger partial charge < -0.3 is 0 Å². The zero-order valence-corrected chi connectivity index (χ0v) is 15.0. The summed E-state index contributed by atoms with van der Waals surface area (Å²) < 4.78 is 52.4. The van der Waals surface area contributed by atoms with Crippen molar-refractivity contribution >= 4 is 0 Å². The molecule has 2 aromatic rings. The normalized spacial score (nSPS) is 21.0. The first kappa shape index (κ1) is 18.9. The number of benzene rings is 2. The highest BCUT2D eigenvalue weighted by Crippen LogP contribution is 2.33. The van der Waals surface area contributed by atoms with E-state index in [1.807, 2.05) is 6.07 Å². The van der Waals surface area contributed by atoms with Crippen LogP contribution in [0.3, 0.4) is 0 Å². The molecule has 0 bridgehead atoms. The molecule has 1 saturated carbocycles. The van der Waals surface area contributed by atoms with Crippen LogP contribution in [0.4, 0.5) is 17.6 Å². The Kier molecular flexibility index (Phi) is 5.69. The summed E-state index contributed by atoms with van der Waals surface area (Å²) >= 11 is 0. The van der Waals surface area contributed by atoms with Crippen molar-refractivity contribution < 1.29 is 17.6 Å². The molecule has 3 rings (SSSR count). The van der Waals surface area contributed by atoms with Crippen LogP contribution in [-0.2, 0) is 12.6 Å². The Balaban J connectivity index is 1.65. The monoisotopic (exact) mass is 364 g/mol. The van der Waals surface area contributed by atoms with Crippen LogP contribution < -0.4 is 0 Å². The van der Waals surface area contributed by atoms with Crippen molar-refractivity contribution in [2.75, 3.05) is 0 Å². The van der Waals surface area contributed by atoms with Crippen LogP contribution in [-0.4, -0.2) is 0 Å². The van der Waals surface area contributed by atoms with E-state index in [0.29, 0.717) is 11.1 Å². The van der Waals surface area contributed by atoms with E-state index >= 15 is 0 Å². The summed E-state index contributed by atoms with van der Waals surface area (Å²) in [7, 11) is 0. The Labute approximate surface area is 152 Å². The van der Waals surface area contributed by atoms with Gasteiger partial charge in [0.15, 0.2) is 0 Å². The third kappa shape index (κ3) is 4.66. The molecule has 0 unspecified atom stereocenters. The first-order valence-electron chi connectivity index (χ1n) is 9.29. The van der Waals surface area contributed by atoms with Gasteiger partial charge in [-0.25, -0.2) is 4.39 Å². The van der Waals surface area contributed by atoms with E-state index in [1.165, 1.54) is 43.9 Å². The number of aryl methyl sites for hydroxylation is 1. The summed E-state index contributed by atoms with van der Waals surface area (Å²) in [4.78, 5) is 0. The summed E-state index contributed by atoms with van der Waals surface area (Å²) in [6.45, 7) is 2.30. The Morgan fingerprint density at radius 2 is 1.58 bits per heavy atom. The van der Waals surface area contributed by atoms with Crippen LogP contribution in [0.15, 0.2) is 42.5 Å². The molecular weight excluding hydrogens is 340 g/mol. The van der Waals surface area contributed by atoms with Gasteiger partial charge >= 0.3 is 6.18 Å². The lowest BCUT2D eigenvalue weighted by Crippen LogP contribution is -2.12. The van der Waals surface area contributed by atoms with Gasteiger partial charge in [-0.3, -0.25) is 0 Å². The van der Waals surface area contributed by atoms with Gasteiger partial charge in [0.1, 0.15) is 5.82 Å². The fraction of sp³-hybridized carbons (Fsp3) is 0.455. The number of rotatable bonds is 4. The SMILES string of the molecule is CC1CCC(CCc2ccc(-c3ccc(C(F)(F)F)cc3)c(F)c2)CC1. The van der Waals surface area contributed by atoms with E-state index < -0.39 is 11.7 Å². The zero-order chi connectivity index (χ0) is 18.7. The van der Waals surface area contributed by atoms with Gasteiger partial charge in [0.25, 0.3) is 0 Å². The molecule has 1 aliphatic rings. The van der Waals surface area contributed by atoms with E-state index in [2.05, 4.69) is 6.92 Å². The summed E-state index contributed by atoms with van der Waals surface area (Å²) in [5.74, 6) is 1.18. The van der Waals surface area contributed by atoms with Crippen molar-refractivity contribution in [2.24, 2.45) is 11.8 Å². The van der Waals surface area contributed by atoms with Crippen LogP contribution in [0.2, 0.25) is 0 Å². The lowest BCUT2D eigenvalue weighted by atomic mass is 9.80. The highest BCUT2D eigenvalue weighted by molar-refractivity contribution is 5.64. The Bertz CT molecular complexity index is 723. The lowest BCUT2D eigenvalue weighted by molar-refractivity contribution is -0.137. The molecule has 0 amide bonds. The molecule has 1 aliphatic carbocycles. The van der Waals surface area contributed by atoms with Gasteiger partial charge in [-0.2, -0.15) is 13.2 Å². The van der Waals surface area contributed by atoms with E-state index in [9.17, 15) is 17.6 Å². The fourth-order valence-corrected chi connectivity index (χ4v) is 3.78. The Morgan fingerprint density at radius 3 is 2.15 bits per heavy atom. The minimum Gasteiger partial charge on any atom is -0.206 e. The molecule has 4 heteroatoms. The van der Waals surface area contributed by atoms with Crippen molar-refractivity contribution in [3.05, 3.63) is 59.4 Å². The van der Waals surface area contributed by atoms with Crippen molar-refractivity contribution in [2.45, 2.75) is 51.6 Å².